The maximum atomic E-state index is 12.2. The van der Waals surface area contributed by atoms with E-state index < -0.39 is 30.8 Å². The van der Waals surface area contributed by atoms with Gasteiger partial charge in [0.1, 0.15) is 0 Å². The first-order valence-electron chi connectivity index (χ1n) is 8.16. The van der Waals surface area contributed by atoms with Gasteiger partial charge in [-0.05, 0) is 41.9 Å². The number of carbonyl (C=O) groups is 2. The van der Waals surface area contributed by atoms with Crippen LogP contribution >= 0.6 is 0 Å². The van der Waals surface area contributed by atoms with Crippen LogP contribution < -0.4 is 61.8 Å². The number of carbonyl (C=O) groups excluding carboxylic acids is 2. The number of aliphatic hydroxyl groups is 1. The molecule has 2 N–H and O–H groups in total. The van der Waals surface area contributed by atoms with Gasteiger partial charge in [-0.1, -0.05) is 32.0 Å². The third-order valence-electron chi connectivity index (χ3n) is 4.47. The summed E-state index contributed by atoms with van der Waals surface area (Å²) in [6.07, 6.45) is 2.32. The number of carboxylic acid groups (broad SMARTS) is 1. The predicted octanol–water partition coefficient (Wildman–Crippen LogP) is -1.94. The summed E-state index contributed by atoms with van der Waals surface area (Å²) < 4.78 is 0. The summed E-state index contributed by atoms with van der Waals surface area (Å²) in [6, 6.07) is 6.26. The molecule has 6 heteroatoms. The monoisotopic (exact) mass is 357 g/mol. The van der Waals surface area contributed by atoms with Crippen LogP contribution in [0.4, 0.5) is 0 Å². The van der Waals surface area contributed by atoms with Crippen molar-refractivity contribution in [3.8, 4) is 0 Å². The number of carboxylic acids is 1. The molecular formula is C18H24KNO4. The Labute approximate surface area is 185 Å². The van der Waals surface area contributed by atoms with E-state index in [1.165, 1.54) is 11.1 Å². The van der Waals surface area contributed by atoms with Crippen LogP contribution in [0.1, 0.15) is 61.8 Å². The maximum Gasteiger partial charge on any atom is 1.00 e. The Morgan fingerprint density at radius 2 is 2.08 bits per heavy atom. The Morgan fingerprint density at radius 1 is 1.38 bits per heavy atom. The molecule has 5 nitrogen and oxygen atoms in total. The molecule has 1 unspecified atom stereocenters. The summed E-state index contributed by atoms with van der Waals surface area (Å²) in [5, 5.41) is 22.8. The fourth-order valence-electron chi connectivity index (χ4n) is 3.06. The van der Waals surface area contributed by atoms with Gasteiger partial charge in [-0.25, -0.2) is 0 Å². The zero-order valence-corrected chi connectivity index (χ0v) is 17.8. The van der Waals surface area contributed by atoms with E-state index >= 15 is 0 Å². The summed E-state index contributed by atoms with van der Waals surface area (Å²) in [5.41, 5.74) is 3.56. The van der Waals surface area contributed by atoms with Crippen molar-refractivity contribution in [2.75, 3.05) is 6.61 Å². The second-order valence-corrected chi connectivity index (χ2v) is 6.52. The first-order valence-corrected chi connectivity index (χ1v) is 8.16. The fourth-order valence-corrected chi connectivity index (χ4v) is 3.06. The van der Waals surface area contributed by atoms with E-state index in [1.807, 2.05) is 0 Å². The van der Waals surface area contributed by atoms with Crippen molar-refractivity contribution in [3.63, 3.8) is 0 Å². The molecule has 24 heavy (non-hydrogen) atoms. The summed E-state index contributed by atoms with van der Waals surface area (Å²) >= 11 is 0. The molecule has 0 bridgehead atoms. The largest absolute Gasteiger partial charge is 1.00 e. The molecule has 0 spiro atoms. The van der Waals surface area contributed by atoms with Crippen LogP contribution in [0.2, 0.25) is 0 Å². The van der Waals surface area contributed by atoms with Gasteiger partial charge in [-0.15, -0.1) is 0 Å². The third-order valence-corrected chi connectivity index (χ3v) is 4.47. The predicted molar refractivity (Wildman–Crippen MR) is 84.6 cm³/mol. The van der Waals surface area contributed by atoms with Gasteiger partial charge in [0.05, 0.1) is 18.6 Å². The number of aryl methyl sites for hydroxylation is 1. The molecule has 1 aliphatic rings. The van der Waals surface area contributed by atoms with Crippen molar-refractivity contribution in [2.45, 2.75) is 51.5 Å². The molecule has 0 saturated carbocycles. The molecule has 1 aliphatic carbocycles. The molecule has 0 fully saturated rings. The van der Waals surface area contributed by atoms with Crippen molar-refractivity contribution in [2.24, 2.45) is 5.92 Å². The van der Waals surface area contributed by atoms with Crippen molar-refractivity contribution in [1.29, 1.82) is 0 Å². The zero-order chi connectivity index (χ0) is 17.0. The number of benzene rings is 1. The van der Waals surface area contributed by atoms with Gasteiger partial charge in [-0.3, -0.25) is 4.79 Å². The van der Waals surface area contributed by atoms with Crippen LogP contribution in [0.15, 0.2) is 18.2 Å². The van der Waals surface area contributed by atoms with Crippen LogP contribution in [0.3, 0.4) is 0 Å². The van der Waals surface area contributed by atoms with Gasteiger partial charge >= 0.3 is 51.4 Å². The number of aliphatic hydroxyl groups excluding tert-OH is 1. The third kappa shape index (κ3) is 5.64. The number of hydrogen-bond donors (Lipinski definition) is 2. The first-order chi connectivity index (χ1) is 10.9. The van der Waals surface area contributed by atoms with Crippen molar-refractivity contribution < 1.29 is 71.2 Å². The van der Waals surface area contributed by atoms with E-state index in [0.29, 0.717) is 5.92 Å². The van der Waals surface area contributed by atoms with Gasteiger partial charge in [-0.2, -0.15) is 0 Å². The number of fused-ring (bicyclic) bond motifs is 1. The molecule has 0 radical (unpaired) electrons. The van der Waals surface area contributed by atoms with E-state index in [-0.39, 0.29) is 57.4 Å². The summed E-state index contributed by atoms with van der Waals surface area (Å²) in [4.78, 5) is 22.9. The molecule has 0 heterocycles. The Morgan fingerprint density at radius 3 is 2.67 bits per heavy atom. The normalized spacial score (nSPS) is 17.6. The molecule has 1 amide bonds. The smallest absolute Gasteiger partial charge is 0.550 e. The Balaban J connectivity index is 0.00000288. The standard InChI is InChI=1S/C18H25NO4.K/c1-11(2)13-7-6-12-4-3-5-16(15(12)8-13)19-18(23)14(10-20)9-17(21)22;/h6-8,11,14,16,20H,3-5,9-10H2,1-2H3,(H,19,23)(H,21,22);/q;+1/p-1/t14?,16-;/m0./s1. The number of nitrogens with one attached hydrogen (secondary N) is 1. The van der Waals surface area contributed by atoms with E-state index in [9.17, 15) is 19.8 Å². The molecule has 1 aromatic rings. The molecule has 126 valence electrons. The maximum absolute atomic E-state index is 12.2. The Bertz CT molecular complexity index is 588. The average molecular weight is 357 g/mol. The number of amides is 1. The Hall–Kier alpha value is -0.244. The number of rotatable bonds is 6. The number of aliphatic carboxylic acids is 1. The Kier molecular flexibility index (Phi) is 9.12. The first kappa shape index (κ1) is 21.8. The molecule has 1 aromatic carbocycles. The quantitative estimate of drug-likeness (QED) is 0.580. The number of hydrogen-bond acceptors (Lipinski definition) is 4. The van der Waals surface area contributed by atoms with Crippen molar-refractivity contribution in [3.05, 3.63) is 34.9 Å². The topological polar surface area (TPSA) is 89.5 Å². The van der Waals surface area contributed by atoms with Gasteiger partial charge in [0.15, 0.2) is 0 Å². The van der Waals surface area contributed by atoms with Crippen LogP contribution in [0, 0.1) is 5.92 Å². The van der Waals surface area contributed by atoms with Crippen LogP contribution in [0.25, 0.3) is 0 Å². The summed E-state index contributed by atoms with van der Waals surface area (Å²) in [5.74, 6) is -2.31. The van der Waals surface area contributed by atoms with E-state index in [1.54, 1.807) is 0 Å². The second-order valence-electron chi connectivity index (χ2n) is 6.52. The molecule has 0 aliphatic heterocycles. The van der Waals surface area contributed by atoms with Gasteiger partial charge in [0.2, 0.25) is 5.91 Å². The minimum absolute atomic E-state index is 0. The SMILES string of the molecule is CC(C)c1ccc2c(c1)[C@@H](NC(=O)C(CO)CC(=O)[O-])CCC2.[K+]. The molecule has 2 rings (SSSR count). The summed E-state index contributed by atoms with van der Waals surface area (Å²) in [6.45, 7) is 3.75. The van der Waals surface area contributed by atoms with E-state index in [0.717, 1.165) is 24.8 Å². The summed E-state index contributed by atoms with van der Waals surface area (Å²) in [7, 11) is 0. The van der Waals surface area contributed by atoms with Crippen molar-refractivity contribution >= 4 is 11.9 Å². The molecule has 2 atom stereocenters. The van der Waals surface area contributed by atoms with Gasteiger partial charge < -0.3 is 20.3 Å². The molecular weight excluding hydrogens is 333 g/mol. The molecule has 0 aromatic heterocycles. The van der Waals surface area contributed by atoms with Gasteiger partial charge in [0, 0.05) is 12.4 Å². The second kappa shape index (κ2) is 10.0. The van der Waals surface area contributed by atoms with E-state index in [2.05, 4.69) is 37.4 Å². The van der Waals surface area contributed by atoms with Crippen LogP contribution in [-0.2, 0) is 16.0 Å². The molecule has 0 saturated heterocycles. The van der Waals surface area contributed by atoms with Crippen molar-refractivity contribution in [1.82, 2.24) is 5.32 Å². The van der Waals surface area contributed by atoms with Gasteiger partial charge in [0.25, 0.3) is 0 Å². The zero-order valence-electron chi connectivity index (χ0n) is 14.7. The fraction of sp³-hybridized carbons (Fsp3) is 0.556. The van der Waals surface area contributed by atoms with E-state index in [4.69, 9.17) is 0 Å². The van der Waals surface area contributed by atoms with Crippen LogP contribution in [-0.4, -0.2) is 23.6 Å². The van der Waals surface area contributed by atoms with Crippen LogP contribution in [0.5, 0.6) is 0 Å². The minimum Gasteiger partial charge on any atom is -0.550 e. The average Bonchev–Trinajstić information content (AvgIpc) is 2.52. The minimum atomic E-state index is -1.33.